The summed E-state index contributed by atoms with van der Waals surface area (Å²) in [6.07, 6.45) is 0. The fourth-order valence-corrected chi connectivity index (χ4v) is 4.11. The Bertz CT molecular complexity index is 1140. The number of nitrogens with zero attached hydrogens (tertiary/aromatic N) is 2. The van der Waals surface area contributed by atoms with E-state index in [0.29, 0.717) is 17.4 Å². The third-order valence-corrected chi connectivity index (χ3v) is 5.55. The highest BCUT2D eigenvalue weighted by atomic mass is 79.9. The molecule has 1 aromatic heterocycles. The van der Waals surface area contributed by atoms with Crippen LogP contribution in [0.4, 0.5) is 0 Å². The van der Waals surface area contributed by atoms with Crippen molar-refractivity contribution in [3.05, 3.63) is 58.1 Å². The van der Waals surface area contributed by atoms with E-state index in [1.54, 1.807) is 14.2 Å². The predicted octanol–water partition coefficient (Wildman–Crippen LogP) is 4.50. The Morgan fingerprint density at radius 2 is 2.03 bits per heavy atom. The highest BCUT2D eigenvalue weighted by molar-refractivity contribution is 9.10. The lowest BCUT2D eigenvalue weighted by atomic mass is 9.79. The minimum atomic E-state index is -0.787. The molecule has 0 aliphatic carbocycles. The first-order valence-electron chi connectivity index (χ1n) is 8.79. The highest BCUT2D eigenvalue weighted by Crippen LogP contribution is 2.46. The van der Waals surface area contributed by atoms with Crippen molar-refractivity contribution in [1.82, 2.24) is 10.2 Å². The number of hydrogen-bond acceptors (Lipinski definition) is 6. The van der Waals surface area contributed by atoms with Crippen molar-refractivity contribution in [3.63, 3.8) is 0 Å². The monoisotopic (exact) mass is 452 g/mol. The van der Waals surface area contributed by atoms with Crippen molar-refractivity contribution in [3.8, 4) is 34.7 Å². The molecule has 0 spiro atoms. The number of aromatic amines is 1. The number of H-pyrrole nitrogens is 1. The summed E-state index contributed by atoms with van der Waals surface area (Å²) in [5.41, 5.74) is 3.16. The van der Waals surface area contributed by atoms with Crippen LogP contribution in [0.2, 0.25) is 0 Å². The van der Waals surface area contributed by atoms with Crippen LogP contribution in [-0.4, -0.2) is 30.3 Å². The molecule has 0 saturated carbocycles. The molecule has 0 radical (unpaired) electrons. The molecule has 0 amide bonds. The van der Waals surface area contributed by atoms with E-state index in [1.807, 2.05) is 42.5 Å². The first kappa shape index (κ1) is 19.0. The third kappa shape index (κ3) is 3.23. The third-order valence-electron chi connectivity index (χ3n) is 4.93. The Labute approximate surface area is 175 Å². The lowest BCUT2D eigenvalue weighted by Gasteiger charge is -2.28. The van der Waals surface area contributed by atoms with Crippen LogP contribution < -0.4 is 14.2 Å². The zero-order valence-electron chi connectivity index (χ0n) is 15.7. The summed E-state index contributed by atoms with van der Waals surface area (Å²) in [6, 6.07) is 15.4. The molecule has 29 heavy (non-hydrogen) atoms. The van der Waals surface area contributed by atoms with Crippen LogP contribution in [0.1, 0.15) is 17.0 Å². The molecule has 0 saturated heterocycles. The Hall–Kier alpha value is -3.31. The van der Waals surface area contributed by atoms with E-state index in [1.165, 1.54) is 0 Å². The summed E-state index contributed by atoms with van der Waals surface area (Å²) in [6.45, 7) is 0. The molecule has 8 heteroatoms. The van der Waals surface area contributed by atoms with Gasteiger partial charge < -0.3 is 14.2 Å². The fraction of sp³-hybridized carbons (Fsp3) is 0.190. The zero-order chi connectivity index (χ0) is 20.5. The molecule has 3 aromatic rings. The molecule has 2 N–H and O–H groups in total. The molecule has 0 bridgehead atoms. The van der Waals surface area contributed by atoms with Gasteiger partial charge in [0.15, 0.2) is 0 Å². The Morgan fingerprint density at radius 1 is 1.21 bits per heavy atom. The number of rotatable bonds is 4. The van der Waals surface area contributed by atoms with Crippen LogP contribution in [0, 0.1) is 22.7 Å². The number of hydrogen-bond donors (Lipinski definition) is 2. The Balaban J connectivity index is 1.92. The second kappa shape index (κ2) is 7.60. The molecule has 146 valence electrons. The summed E-state index contributed by atoms with van der Waals surface area (Å²) in [5, 5.41) is 25.3. The molecule has 2 heterocycles. The summed E-state index contributed by atoms with van der Waals surface area (Å²) >= 11 is 3.51. The second-order valence-corrected chi connectivity index (χ2v) is 7.35. The first-order chi connectivity index (χ1) is 14.1. The smallest absolute Gasteiger partial charge is 0.244 e. The molecule has 2 aromatic carbocycles. The van der Waals surface area contributed by atoms with E-state index in [4.69, 9.17) is 19.6 Å². The number of halogens is 1. The van der Waals surface area contributed by atoms with E-state index in [0.717, 1.165) is 26.9 Å². The van der Waals surface area contributed by atoms with Gasteiger partial charge in [-0.1, -0.05) is 18.2 Å². The number of aromatic nitrogens is 2. The minimum absolute atomic E-state index is 0.124. The summed E-state index contributed by atoms with van der Waals surface area (Å²) in [7, 11) is 3.20. The number of nitriles is 1. The molecular weight excluding hydrogens is 436 g/mol. The molecule has 4 rings (SSSR count). The van der Waals surface area contributed by atoms with E-state index in [-0.39, 0.29) is 5.90 Å². The van der Waals surface area contributed by atoms with Gasteiger partial charge in [0, 0.05) is 11.5 Å². The van der Waals surface area contributed by atoms with E-state index < -0.39 is 11.8 Å². The van der Waals surface area contributed by atoms with Crippen LogP contribution >= 0.6 is 15.9 Å². The number of ether oxygens (including phenoxy) is 3. The molecule has 2 unspecified atom stereocenters. The average Bonchev–Trinajstić information content (AvgIpc) is 3.16. The maximum atomic E-state index is 9.81. The van der Waals surface area contributed by atoms with Crippen molar-refractivity contribution in [2.75, 3.05) is 14.2 Å². The quantitative estimate of drug-likeness (QED) is 0.606. The van der Waals surface area contributed by atoms with Crippen molar-refractivity contribution in [1.29, 1.82) is 10.7 Å². The van der Waals surface area contributed by atoms with Crippen LogP contribution in [-0.2, 0) is 0 Å². The normalized spacial score (nSPS) is 17.8. The SMILES string of the molecule is COc1cccc(-c2[nH]nc3c2C(c2ccc(OC)c(Br)c2)C(C#N)C(=N)O3)c1. The first-order valence-corrected chi connectivity index (χ1v) is 9.58. The topological polar surface area (TPSA) is 104 Å². The number of nitrogens with one attached hydrogen (secondary N) is 2. The van der Waals surface area contributed by atoms with Crippen molar-refractivity contribution < 1.29 is 14.2 Å². The van der Waals surface area contributed by atoms with Crippen LogP contribution in [0.15, 0.2) is 46.9 Å². The van der Waals surface area contributed by atoms with Crippen LogP contribution in [0.3, 0.4) is 0 Å². The second-order valence-electron chi connectivity index (χ2n) is 6.49. The van der Waals surface area contributed by atoms with Gasteiger partial charge in [0.1, 0.15) is 17.4 Å². The molecule has 1 aliphatic heterocycles. The molecule has 2 atom stereocenters. The van der Waals surface area contributed by atoms with E-state index in [9.17, 15) is 5.26 Å². The molecule has 0 fully saturated rings. The van der Waals surface area contributed by atoms with E-state index >= 15 is 0 Å². The maximum Gasteiger partial charge on any atom is 0.244 e. The van der Waals surface area contributed by atoms with Gasteiger partial charge in [-0.25, -0.2) is 0 Å². The molecular formula is C21H17BrN4O3. The average molecular weight is 453 g/mol. The standard InChI is InChI=1S/C21H17BrN4O3/c1-27-13-5-3-4-12(8-13)19-18-17(11-6-7-16(28-2)15(22)9-11)14(10-23)20(24)29-21(18)26-25-19/h3-9,14,17,24H,1-2H3,(H,25,26). The van der Waals surface area contributed by atoms with Gasteiger partial charge in [0.25, 0.3) is 0 Å². The van der Waals surface area contributed by atoms with Gasteiger partial charge in [-0.15, -0.1) is 5.10 Å². The maximum absolute atomic E-state index is 9.81. The summed E-state index contributed by atoms with van der Waals surface area (Å²) < 4.78 is 17.0. The van der Waals surface area contributed by atoms with Gasteiger partial charge in [0.05, 0.1) is 36.0 Å². The zero-order valence-corrected chi connectivity index (χ0v) is 17.3. The lowest BCUT2D eigenvalue weighted by molar-refractivity contribution is 0.411. The van der Waals surface area contributed by atoms with E-state index in [2.05, 4.69) is 32.2 Å². The molecule has 1 aliphatic rings. The minimum Gasteiger partial charge on any atom is -0.497 e. The van der Waals surface area contributed by atoms with Gasteiger partial charge >= 0.3 is 0 Å². The highest BCUT2D eigenvalue weighted by Gasteiger charge is 2.41. The summed E-state index contributed by atoms with van der Waals surface area (Å²) in [4.78, 5) is 0. The van der Waals surface area contributed by atoms with Crippen LogP contribution in [0.25, 0.3) is 11.3 Å². The van der Waals surface area contributed by atoms with Crippen molar-refractivity contribution >= 4 is 21.8 Å². The van der Waals surface area contributed by atoms with Gasteiger partial charge in [-0.2, -0.15) is 5.26 Å². The van der Waals surface area contributed by atoms with Gasteiger partial charge in [0.2, 0.25) is 11.8 Å². The number of benzene rings is 2. The predicted molar refractivity (Wildman–Crippen MR) is 111 cm³/mol. The van der Waals surface area contributed by atoms with Crippen LogP contribution in [0.5, 0.6) is 17.4 Å². The lowest BCUT2D eigenvalue weighted by Crippen LogP contribution is -2.30. The summed E-state index contributed by atoms with van der Waals surface area (Å²) in [5.74, 6) is 0.348. The van der Waals surface area contributed by atoms with Crippen molar-refractivity contribution in [2.24, 2.45) is 5.92 Å². The van der Waals surface area contributed by atoms with Crippen molar-refractivity contribution in [2.45, 2.75) is 5.92 Å². The number of methoxy groups -OCH3 is 2. The largest absolute Gasteiger partial charge is 0.497 e. The Morgan fingerprint density at radius 3 is 2.72 bits per heavy atom. The Kier molecular flexibility index (Phi) is 4.99. The molecule has 7 nitrogen and oxygen atoms in total. The van der Waals surface area contributed by atoms with Gasteiger partial charge in [-0.05, 0) is 45.8 Å². The van der Waals surface area contributed by atoms with Gasteiger partial charge in [-0.3, -0.25) is 10.5 Å². The fourth-order valence-electron chi connectivity index (χ4n) is 3.55. The number of fused-ring (bicyclic) bond motifs is 1.